The third-order valence-corrected chi connectivity index (χ3v) is 2.40. The van der Waals surface area contributed by atoms with E-state index < -0.39 is 0 Å². The highest BCUT2D eigenvalue weighted by molar-refractivity contribution is 6.18. The van der Waals surface area contributed by atoms with Gasteiger partial charge in [0.05, 0.1) is 7.11 Å². The van der Waals surface area contributed by atoms with Crippen LogP contribution in [0.1, 0.15) is 13.8 Å². The molecule has 0 saturated carbocycles. The van der Waals surface area contributed by atoms with E-state index >= 15 is 0 Å². The van der Waals surface area contributed by atoms with Gasteiger partial charge in [0.15, 0.2) is 0 Å². The molecule has 0 saturated heterocycles. The average molecular weight is 215 g/mol. The van der Waals surface area contributed by atoms with Crippen LogP contribution in [-0.4, -0.2) is 23.5 Å². The molecule has 4 heteroatoms. The molecular weight excluding hydrogens is 200 g/mol. The molecule has 14 heavy (non-hydrogen) atoms. The number of nitrogens with zero attached hydrogens (tertiary/aromatic N) is 1. The van der Waals surface area contributed by atoms with E-state index in [1.807, 2.05) is 26.0 Å². The first-order chi connectivity index (χ1) is 6.57. The van der Waals surface area contributed by atoms with Crippen LogP contribution in [0.25, 0.3) is 0 Å². The quantitative estimate of drug-likeness (QED) is 0.783. The summed E-state index contributed by atoms with van der Waals surface area (Å²) in [6.07, 6.45) is 0. The summed E-state index contributed by atoms with van der Waals surface area (Å²) in [5.41, 5.74) is -0.166. The lowest BCUT2D eigenvalue weighted by molar-refractivity contribution is 0.398. The number of rotatable bonds is 4. The molecule has 78 valence electrons. The fourth-order valence-corrected chi connectivity index (χ4v) is 1.05. The lowest BCUT2D eigenvalue weighted by atomic mass is 10.1. The summed E-state index contributed by atoms with van der Waals surface area (Å²) in [4.78, 5) is 4.23. The highest BCUT2D eigenvalue weighted by atomic mass is 35.5. The molecule has 1 heterocycles. The summed E-state index contributed by atoms with van der Waals surface area (Å²) in [7, 11) is 1.60. The van der Waals surface area contributed by atoms with Crippen molar-refractivity contribution < 1.29 is 4.74 Å². The van der Waals surface area contributed by atoms with Crippen LogP contribution in [0, 0.1) is 0 Å². The molecule has 1 aromatic rings. The first-order valence-electron chi connectivity index (χ1n) is 4.42. The van der Waals surface area contributed by atoms with Gasteiger partial charge in [-0.3, -0.25) is 0 Å². The molecule has 0 spiro atoms. The molecule has 1 rings (SSSR count). The molecule has 3 nitrogen and oxygen atoms in total. The summed E-state index contributed by atoms with van der Waals surface area (Å²) in [5, 5.41) is 3.22. The number of ether oxygens (including phenoxy) is 1. The molecule has 0 aliphatic rings. The highest BCUT2D eigenvalue weighted by Gasteiger charge is 2.16. The molecule has 1 N–H and O–H groups in total. The average Bonchev–Trinajstić information content (AvgIpc) is 2.17. The molecule has 0 amide bonds. The van der Waals surface area contributed by atoms with E-state index in [2.05, 4.69) is 10.3 Å². The fourth-order valence-electron chi connectivity index (χ4n) is 0.978. The minimum absolute atomic E-state index is 0.166. The summed E-state index contributed by atoms with van der Waals surface area (Å²) in [5.74, 6) is 1.89. The van der Waals surface area contributed by atoms with Crippen LogP contribution in [-0.2, 0) is 0 Å². The van der Waals surface area contributed by atoms with Gasteiger partial charge in [-0.25, -0.2) is 0 Å². The lowest BCUT2D eigenvalue weighted by Gasteiger charge is -2.23. The minimum Gasteiger partial charge on any atom is -0.481 e. The summed E-state index contributed by atoms with van der Waals surface area (Å²) < 4.78 is 5.02. The second kappa shape index (κ2) is 4.51. The van der Waals surface area contributed by atoms with Gasteiger partial charge in [0, 0.05) is 17.5 Å². The Balaban J connectivity index is 2.76. The molecule has 0 atom stereocenters. The van der Waals surface area contributed by atoms with E-state index in [4.69, 9.17) is 16.3 Å². The number of alkyl halides is 1. The minimum atomic E-state index is -0.166. The first kappa shape index (κ1) is 11.1. The maximum atomic E-state index is 5.80. The van der Waals surface area contributed by atoms with E-state index in [0.717, 1.165) is 5.82 Å². The van der Waals surface area contributed by atoms with Gasteiger partial charge in [-0.05, 0) is 19.9 Å². The van der Waals surface area contributed by atoms with Crippen LogP contribution >= 0.6 is 11.6 Å². The van der Waals surface area contributed by atoms with Crippen molar-refractivity contribution in [3.63, 3.8) is 0 Å². The standard InChI is InChI=1S/C10H15ClN2O/c1-10(2,7-11)13-8-5-4-6-9(12-8)14-3/h4-6H,7H2,1-3H3,(H,12,13). The second-order valence-electron chi connectivity index (χ2n) is 3.71. The molecule has 0 bridgehead atoms. The lowest BCUT2D eigenvalue weighted by Crippen LogP contribution is -2.33. The molecule has 0 aromatic carbocycles. The third-order valence-electron chi connectivity index (χ3n) is 1.73. The maximum absolute atomic E-state index is 5.80. The van der Waals surface area contributed by atoms with Crippen LogP contribution in [0.4, 0.5) is 5.82 Å². The number of anilines is 1. The number of halogens is 1. The van der Waals surface area contributed by atoms with Gasteiger partial charge < -0.3 is 10.1 Å². The Morgan fingerprint density at radius 2 is 2.21 bits per heavy atom. The Hall–Kier alpha value is -0.960. The van der Waals surface area contributed by atoms with Gasteiger partial charge in [0.25, 0.3) is 0 Å². The first-order valence-corrected chi connectivity index (χ1v) is 4.96. The summed E-state index contributed by atoms with van der Waals surface area (Å²) in [6.45, 7) is 4.03. The van der Waals surface area contributed by atoms with E-state index in [-0.39, 0.29) is 5.54 Å². The molecular formula is C10H15ClN2O. The van der Waals surface area contributed by atoms with Gasteiger partial charge in [0.2, 0.25) is 5.88 Å². The Morgan fingerprint density at radius 1 is 1.50 bits per heavy atom. The zero-order valence-electron chi connectivity index (χ0n) is 8.67. The third kappa shape index (κ3) is 3.07. The maximum Gasteiger partial charge on any atom is 0.214 e. The Morgan fingerprint density at radius 3 is 2.79 bits per heavy atom. The monoisotopic (exact) mass is 214 g/mol. The van der Waals surface area contributed by atoms with Gasteiger partial charge in [-0.1, -0.05) is 6.07 Å². The summed E-state index contributed by atoms with van der Waals surface area (Å²) >= 11 is 5.80. The van der Waals surface area contributed by atoms with Crippen molar-refractivity contribution in [2.75, 3.05) is 18.3 Å². The normalized spacial score (nSPS) is 11.1. The van der Waals surface area contributed by atoms with Crippen molar-refractivity contribution in [3.8, 4) is 5.88 Å². The zero-order valence-corrected chi connectivity index (χ0v) is 9.43. The Labute approximate surface area is 89.4 Å². The van der Waals surface area contributed by atoms with Crippen molar-refractivity contribution in [2.24, 2.45) is 0 Å². The number of aromatic nitrogens is 1. The fraction of sp³-hybridized carbons (Fsp3) is 0.500. The van der Waals surface area contributed by atoms with Crippen molar-refractivity contribution in [1.29, 1.82) is 0 Å². The predicted molar refractivity (Wildman–Crippen MR) is 59.2 cm³/mol. The highest BCUT2D eigenvalue weighted by Crippen LogP contribution is 2.16. The number of hydrogen-bond donors (Lipinski definition) is 1. The molecule has 0 aliphatic heterocycles. The van der Waals surface area contributed by atoms with E-state index in [1.165, 1.54) is 0 Å². The predicted octanol–water partition coefficient (Wildman–Crippen LogP) is 2.52. The van der Waals surface area contributed by atoms with Crippen LogP contribution in [0.3, 0.4) is 0 Å². The van der Waals surface area contributed by atoms with Gasteiger partial charge in [0.1, 0.15) is 5.82 Å². The molecule has 0 aliphatic carbocycles. The molecule has 1 aromatic heterocycles. The van der Waals surface area contributed by atoms with Crippen LogP contribution < -0.4 is 10.1 Å². The van der Waals surface area contributed by atoms with Crippen molar-refractivity contribution in [3.05, 3.63) is 18.2 Å². The smallest absolute Gasteiger partial charge is 0.214 e. The van der Waals surface area contributed by atoms with E-state index in [9.17, 15) is 0 Å². The second-order valence-corrected chi connectivity index (χ2v) is 3.97. The van der Waals surface area contributed by atoms with E-state index in [1.54, 1.807) is 13.2 Å². The topological polar surface area (TPSA) is 34.1 Å². The zero-order chi connectivity index (χ0) is 10.6. The van der Waals surface area contributed by atoms with Gasteiger partial charge >= 0.3 is 0 Å². The Kier molecular flexibility index (Phi) is 3.58. The van der Waals surface area contributed by atoms with Gasteiger partial charge in [-0.15, -0.1) is 11.6 Å². The van der Waals surface area contributed by atoms with Gasteiger partial charge in [-0.2, -0.15) is 4.98 Å². The number of methoxy groups -OCH3 is 1. The number of pyridine rings is 1. The SMILES string of the molecule is COc1cccc(NC(C)(C)CCl)n1. The molecule has 0 unspecified atom stereocenters. The number of nitrogens with one attached hydrogen (secondary N) is 1. The molecule has 0 fully saturated rings. The van der Waals surface area contributed by atoms with Crippen molar-refractivity contribution in [2.45, 2.75) is 19.4 Å². The van der Waals surface area contributed by atoms with Crippen LogP contribution in [0.2, 0.25) is 0 Å². The van der Waals surface area contributed by atoms with Crippen molar-refractivity contribution >= 4 is 17.4 Å². The Bertz CT molecular complexity index is 302. The van der Waals surface area contributed by atoms with E-state index in [0.29, 0.717) is 11.8 Å². The number of hydrogen-bond acceptors (Lipinski definition) is 3. The largest absolute Gasteiger partial charge is 0.481 e. The van der Waals surface area contributed by atoms with Crippen LogP contribution in [0.15, 0.2) is 18.2 Å². The van der Waals surface area contributed by atoms with Crippen LogP contribution in [0.5, 0.6) is 5.88 Å². The van der Waals surface area contributed by atoms with Crippen molar-refractivity contribution in [1.82, 2.24) is 4.98 Å². The molecule has 0 radical (unpaired) electrons. The summed E-state index contributed by atoms with van der Waals surface area (Å²) in [6, 6.07) is 5.58.